The largest absolute Gasteiger partial charge is 0.474 e. The number of halogens is 4. The molecule has 2 aromatic heterocycles. The maximum atomic E-state index is 14.8. The van der Waals surface area contributed by atoms with E-state index in [-0.39, 0.29) is 17.9 Å². The molecule has 14 heteroatoms. The number of alkyl halides is 3. The van der Waals surface area contributed by atoms with Crippen molar-refractivity contribution in [3.63, 3.8) is 0 Å². The molecule has 0 radical (unpaired) electrons. The summed E-state index contributed by atoms with van der Waals surface area (Å²) in [4.78, 5) is 12.4. The van der Waals surface area contributed by atoms with Crippen LogP contribution in [-0.4, -0.2) is 66.5 Å². The van der Waals surface area contributed by atoms with Crippen molar-refractivity contribution in [1.82, 2.24) is 15.1 Å². The van der Waals surface area contributed by atoms with Crippen molar-refractivity contribution < 1.29 is 41.0 Å². The monoisotopic (exact) mass is 553 g/mol. The molecule has 0 saturated carbocycles. The van der Waals surface area contributed by atoms with Crippen molar-refractivity contribution >= 4 is 6.02 Å². The highest BCUT2D eigenvalue weighted by Gasteiger charge is 2.50. The Morgan fingerprint density at radius 3 is 2.54 bits per heavy atom. The number of ether oxygens (including phenoxy) is 4. The van der Waals surface area contributed by atoms with Crippen LogP contribution in [0.4, 0.5) is 17.6 Å². The molecule has 10 nitrogen and oxygen atoms in total. The highest BCUT2D eigenvalue weighted by atomic mass is 19.4. The molecule has 1 aliphatic rings. The Morgan fingerprint density at radius 1 is 1.05 bits per heavy atom. The van der Waals surface area contributed by atoms with Crippen LogP contribution in [0.1, 0.15) is 25.8 Å². The Kier molecular flexibility index (Phi) is 8.65. The standard InChI is InChI=1S/C25H27F4N5O5/c1-3-35-6-7-36-8-9-37-22-14-31-19(13-32-22)18-11-20(39-34-18)15-4-5-17(26)16(10-15)24(2)12-21(25(27,28)29)38-23(30)33-24/h4-5,10-11,13-14,21H,3,6-9,12H2,1-2H3,(H2,30,33)/t21-,24-/m0/s1. The molecule has 4 rings (SSSR count). The molecule has 39 heavy (non-hydrogen) atoms. The van der Waals surface area contributed by atoms with E-state index >= 15 is 0 Å². The number of benzene rings is 1. The summed E-state index contributed by atoms with van der Waals surface area (Å²) < 4.78 is 81.0. The van der Waals surface area contributed by atoms with Crippen LogP contribution in [0, 0.1) is 5.82 Å². The van der Waals surface area contributed by atoms with Gasteiger partial charge in [0.15, 0.2) is 11.9 Å². The van der Waals surface area contributed by atoms with Crippen LogP contribution in [0.2, 0.25) is 0 Å². The second kappa shape index (κ2) is 11.9. The van der Waals surface area contributed by atoms with Gasteiger partial charge in [0.1, 0.15) is 23.8 Å². The first-order valence-corrected chi connectivity index (χ1v) is 12.1. The molecule has 0 bridgehead atoms. The highest BCUT2D eigenvalue weighted by molar-refractivity contribution is 5.73. The van der Waals surface area contributed by atoms with E-state index in [0.717, 1.165) is 6.07 Å². The van der Waals surface area contributed by atoms with E-state index in [1.807, 2.05) is 6.92 Å². The molecule has 0 spiro atoms. The molecule has 1 aliphatic heterocycles. The summed E-state index contributed by atoms with van der Waals surface area (Å²) in [5.74, 6) is -0.222. The van der Waals surface area contributed by atoms with Crippen molar-refractivity contribution in [3.8, 4) is 28.6 Å². The van der Waals surface area contributed by atoms with Crippen molar-refractivity contribution in [1.29, 1.82) is 0 Å². The molecule has 2 N–H and O–H groups in total. The molecule has 0 amide bonds. The molecule has 0 saturated heterocycles. The van der Waals surface area contributed by atoms with E-state index in [2.05, 4.69) is 24.9 Å². The van der Waals surface area contributed by atoms with Gasteiger partial charge in [-0.2, -0.15) is 13.2 Å². The van der Waals surface area contributed by atoms with Gasteiger partial charge in [0.05, 0.1) is 37.8 Å². The van der Waals surface area contributed by atoms with Gasteiger partial charge in [-0.05, 0) is 32.0 Å². The van der Waals surface area contributed by atoms with E-state index in [0.29, 0.717) is 49.3 Å². The van der Waals surface area contributed by atoms with E-state index < -0.39 is 36.1 Å². The summed E-state index contributed by atoms with van der Waals surface area (Å²) >= 11 is 0. The summed E-state index contributed by atoms with van der Waals surface area (Å²) in [7, 11) is 0. The third kappa shape index (κ3) is 7.00. The Morgan fingerprint density at radius 2 is 1.82 bits per heavy atom. The van der Waals surface area contributed by atoms with Crippen molar-refractivity contribution in [2.24, 2.45) is 10.7 Å². The van der Waals surface area contributed by atoms with Crippen LogP contribution in [0.25, 0.3) is 22.7 Å². The molecule has 0 aliphatic carbocycles. The lowest BCUT2D eigenvalue weighted by Gasteiger charge is -2.36. The summed E-state index contributed by atoms with van der Waals surface area (Å²) in [6, 6.07) is 4.77. The summed E-state index contributed by atoms with van der Waals surface area (Å²) in [6.45, 7) is 5.53. The lowest BCUT2D eigenvalue weighted by atomic mass is 9.84. The average molecular weight is 554 g/mol. The van der Waals surface area contributed by atoms with Gasteiger partial charge >= 0.3 is 6.18 Å². The summed E-state index contributed by atoms with van der Waals surface area (Å²) in [5, 5.41) is 3.98. The third-order valence-electron chi connectivity index (χ3n) is 5.85. The first-order valence-electron chi connectivity index (χ1n) is 12.1. The minimum absolute atomic E-state index is 0.0957. The molecule has 3 heterocycles. The fourth-order valence-corrected chi connectivity index (χ4v) is 3.93. The van der Waals surface area contributed by atoms with Crippen LogP contribution in [0.5, 0.6) is 5.88 Å². The molecule has 1 aromatic carbocycles. The van der Waals surface area contributed by atoms with Crippen molar-refractivity contribution in [2.75, 3.05) is 33.0 Å². The predicted octanol–water partition coefficient (Wildman–Crippen LogP) is 4.25. The van der Waals surface area contributed by atoms with Gasteiger partial charge in [0, 0.05) is 30.2 Å². The van der Waals surface area contributed by atoms with Gasteiger partial charge in [-0.25, -0.2) is 19.4 Å². The predicted molar refractivity (Wildman–Crippen MR) is 130 cm³/mol. The zero-order chi connectivity index (χ0) is 28.0. The van der Waals surface area contributed by atoms with Crippen LogP contribution in [0.3, 0.4) is 0 Å². The number of aromatic nitrogens is 3. The quantitative estimate of drug-likeness (QED) is 0.274. The third-order valence-corrected chi connectivity index (χ3v) is 5.85. The van der Waals surface area contributed by atoms with Gasteiger partial charge in [-0.1, -0.05) is 5.16 Å². The second-order valence-electron chi connectivity index (χ2n) is 8.74. The Hall–Kier alpha value is -3.78. The van der Waals surface area contributed by atoms with Gasteiger partial charge in [0.2, 0.25) is 5.88 Å². The lowest BCUT2D eigenvalue weighted by molar-refractivity contribution is -0.208. The Labute approximate surface area is 221 Å². The van der Waals surface area contributed by atoms with Crippen LogP contribution in [-0.2, 0) is 19.7 Å². The Balaban J connectivity index is 1.45. The molecule has 210 valence electrons. The first kappa shape index (κ1) is 28.2. The topological polar surface area (TPSA) is 127 Å². The fourth-order valence-electron chi connectivity index (χ4n) is 3.93. The first-order chi connectivity index (χ1) is 18.6. The summed E-state index contributed by atoms with van der Waals surface area (Å²) in [6.07, 6.45) is -4.71. The maximum Gasteiger partial charge on any atom is 0.425 e. The lowest BCUT2D eigenvalue weighted by Crippen LogP contribution is -2.46. The van der Waals surface area contributed by atoms with Gasteiger partial charge in [-0.15, -0.1) is 0 Å². The molecular formula is C25H27F4N5O5. The normalized spacial score (nSPS) is 19.4. The van der Waals surface area contributed by atoms with Crippen molar-refractivity contribution in [2.45, 2.75) is 38.1 Å². The number of aliphatic imine (C=N–C) groups is 1. The van der Waals surface area contributed by atoms with Gasteiger partial charge < -0.3 is 29.2 Å². The number of nitrogens with two attached hydrogens (primary N) is 1. The van der Waals surface area contributed by atoms with Gasteiger partial charge in [0.25, 0.3) is 6.02 Å². The fraction of sp³-hybridized carbons (Fsp3) is 0.440. The SMILES string of the molecule is CCOCCOCCOc1cnc(-c2cc(-c3ccc(F)c([C@]4(C)C[C@@H](C(F)(F)F)OC(N)=N4)c3)on2)cn1. The van der Waals surface area contributed by atoms with E-state index in [4.69, 9.17) is 24.5 Å². The van der Waals surface area contributed by atoms with Gasteiger partial charge in [-0.3, -0.25) is 0 Å². The number of hydrogen-bond acceptors (Lipinski definition) is 10. The van der Waals surface area contributed by atoms with Crippen LogP contribution in [0.15, 0.2) is 46.2 Å². The number of amidine groups is 1. The second-order valence-corrected chi connectivity index (χ2v) is 8.74. The van der Waals surface area contributed by atoms with E-state index in [9.17, 15) is 17.6 Å². The number of nitrogens with zero attached hydrogens (tertiary/aromatic N) is 4. The zero-order valence-corrected chi connectivity index (χ0v) is 21.2. The minimum atomic E-state index is -4.70. The molecule has 2 atom stereocenters. The number of rotatable bonds is 11. The van der Waals surface area contributed by atoms with E-state index in [1.165, 1.54) is 31.5 Å². The maximum absolute atomic E-state index is 14.8. The smallest absolute Gasteiger partial charge is 0.425 e. The number of hydrogen-bond donors (Lipinski definition) is 1. The highest BCUT2D eigenvalue weighted by Crippen LogP contribution is 2.42. The van der Waals surface area contributed by atoms with Crippen molar-refractivity contribution in [3.05, 3.63) is 48.0 Å². The molecular weight excluding hydrogens is 526 g/mol. The minimum Gasteiger partial charge on any atom is -0.474 e. The average Bonchev–Trinajstić information content (AvgIpc) is 3.38. The molecule has 0 unspecified atom stereocenters. The molecule has 0 fully saturated rings. The van der Waals surface area contributed by atoms with Crippen LogP contribution >= 0.6 is 0 Å². The van der Waals surface area contributed by atoms with Crippen LogP contribution < -0.4 is 10.5 Å². The summed E-state index contributed by atoms with van der Waals surface area (Å²) in [5.41, 5.74) is 4.88. The van der Waals surface area contributed by atoms with E-state index in [1.54, 1.807) is 6.07 Å². The Bertz CT molecular complexity index is 1280. The molecule has 3 aromatic rings. The zero-order valence-electron chi connectivity index (χ0n) is 21.2.